The molecule has 0 radical (unpaired) electrons. The van der Waals surface area contributed by atoms with E-state index in [1.807, 2.05) is 31.2 Å². The van der Waals surface area contributed by atoms with Gasteiger partial charge in [0, 0.05) is 7.11 Å². The van der Waals surface area contributed by atoms with Crippen molar-refractivity contribution < 1.29 is 14.6 Å². The van der Waals surface area contributed by atoms with Gasteiger partial charge in [-0.1, -0.05) is 12.1 Å². The van der Waals surface area contributed by atoms with Crippen LogP contribution in [-0.2, 0) is 11.3 Å². The van der Waals surface area contributed by atoms with Crippen LogP contribution in [0.1, 0.15) is 12.5 Å². The van der Waals surface area contributed by atoms with Crippen molar-refractivity contribution in [1.29, 1.82) is 0 Å². The minimum absolute atomic E-state index is 0.0416. The molecule has 0 fully saturated rings. The van der Waals surface area contributed by atoms with E-state index in [1.165, 1.54) is 0 Å². The van der Waals surface area contributed by atoms with E-state index in [1.54, 1.807) is 7.11 Å². The molecular weight excluding hydrogens is 180 g/mol. The molecule has 0 aliphatic rings. The maximum absolute atomic E-state index is 8.83. The quantitative estimate of drug-likeness (QED) is 0.777. The Balaban J connectivity index is 2.50. The van der Waals surface area contributed by atoms with Crippen LogP contribution in [0.4, 0.5) is 0 Å². The zero-order valence-corrected chi connectivity index (χ0v) is 8.56. The third-order valence-electron chi connectivity index (χ3n) is 1.84. The Morgan fingerprint density at radius 2 is 1.93 bits per heavy atom. The fourth-order valence-electron chi connectivity index (χ4n) is 1.17. The van der Waals surface area contributed by atoms with E-state index in [4.69, 9.17) is 14.6 Å². The minimum atomic E-state index is 0.0416. The Labute approximate surface area is 84.3 Å². The van der Waals surface area contributed by atoms with Gasteiger partial charge in [-0.2, -0.15) is 0 Å². The van der Waals surface area contributed by atoms with Gasteiger partial charge in [-0.15, -0.1) is 0 Å². The van der Waals surface area contributed by atoms with Crippen molar-refractivity contribution in [2.45, 2.75) is 19.6 Å². The zero-order valence-electron chi connectivity index (χ0n) is 8.56. The Morgan fingerprint density at radius 3 is 2.43 bits per heavy atom. The van der Waals surface area contributed by atoms with Gasteiger partial charge in [0.15, 0.2) is 0 Å². The van der Waals surface area contributed by atoms with E-state index in [2.05, 4.69) is 0 Å². The maximum Gasteiger partial charge on any atom is 0.119 e. The number of ether oxygens (including phenoxy) is 2. The van der Waals surface area contributed by atoms with Crippen LogP contribution in [-0.4, -0.2) is 24.9 Å². The monoisotopic (exact) mass is 196 g/mol. The lowest BCUT2D eigenvalue weighted by Gasteiger charge is -2.13. The maximum atomic E-state index is 8.83. The summed E-state index contributed by atoms with van der Waals surface area (Å²) in [5.41, 5.74) is 0.886. The van der Waals surface area contributed by atoms with E-state index in [0.717, 1.165) is 11.3 Å². The summed E-state index contributed by atoms with van der Waals surface area (Å²) in [6.07, 6.45) is 0.0416. The van der Waals surface area contributed by atoms with Crippen LogP contribution in [0.2, 0.25) is 0 Å². The van der Waals surface area contributed by atoms with Gasteiger partial charge in [0.05, 0.1) is 13.2 Å². The molecule has 0 spiro atoms. The fourth-order valence-corrected chi connectivity index (χ4v) is 1.17. The van der Waals surface area contributed by atoms with Crippen molar-refractivity contribution in [2.24, 2.45) is 0 Å². The molecule has 0 saturated carbocycles. The van der Waals surface area contributed by atoms with Crippen LogP contribution in [0.5, 0.6) is 5.75 Å². The van der Waals surface area contributed by atoms with E-state index >= 15 is 0 Å². The molecule has 14 heavy (non-hydrogen) atoms. The smallest absolute Gasteiger partial charge is 0.119 e. The lowest BCUT2D eigenvalue weighted by molar-refractivity contribution is 0.0920. The molecule has 0 heterocycles. The summed E-state index contributed by atoms with van der Waals surface area (Å²) in [6, 6.07) is 7.37. The molecule has 0 amide bonds. The standard InChI is InChI=1S/C11H16O3/c1-9(8-13-2)14-11-5-3-10(7-12)4-6-11/h3-6,9,12H,7-8H2,1-2H3/t9-/m1/s1. The lowest BCUT2D eigenvalue weighted by Crippen LogP contribution is -2.17. The van der Waals surface area contributed by atoms with Crippen LogP contribution in [0.15, 0.2) is 24.3 Å². The van der Waals surface area contributed by atoms with Crippen molar-refractivity contribution >= 4 is 0 Å². The highest BCUT2D eigenvalue weighted by Gasteiger charge is 2.02. The number of aliphatic hydroxyl groups excluding tert-OH is 1. The van der Waals surface area contributed by atoms with Crippen molar-refractivity contribution in [3.63, 3.8) is 0 Å². The Bertz CT molecular complexity index is 256. The van der Waals surface area contributed by atoms with E-state index < -0.39 is 0 Å². The Kier molecular flexibility index (Phi) is 4.43. The van der Waals surface area contributed by atoms with Crippen LogP contribution in [0.3, 0.4) is 0 Å². The number of rotatable bonds is 5. The molecule has 1 aromatic carbocycles. The van der Waals surface area contributed by atoms with Crippen molar-refractivity contribution in [2.75, 3.05) is 13.7 Å². The van der Waals surface area contributed by atoms with Gasteiger partial charge in [0.2, 0.25) is 0 Å². The molecule has 1 atom stereocenters. The number of benzene rings is 1. The van der Waals surface area contributed by atoms with Crippen molar-refractivity contribution in [3.8, 4) is 5.75 Å². The fraction of sp³-hybridized carbons (Fsp3) is 0.455. The summed E-state index contributed by atoms with van der Waals surface area (Å²) >= 11 is 0. The first-order valence-electron chi connectivity index (χ1n) is 4.61. The molecular formula is C11H16O3. The van der Waals surface area contributed by atoms with Crippen LogP contribution in [0.25, 0.3) is 0 Å². The SMILES string of the molecule is COC[C@@H](C)Oc1ccc(CO)cc1. The molecule has 0 bridgehead atoms. The van der Waals surface area contributed by atoms with Crippen LogP contribution in [0, 0.1) is 0 Å². The van der Waals surface area contributed by atoms with Gasteiger partial charge in [-0.05, 0) is 24.6 Å². The van der Waals surface area contributed by atoms with Gasteiger partial charge in [-0.25, -0.2) is 0 Å². The van der Waals surface area contributed by atoms with Gasteiger partial charge >= 0.3 is 0 Å². The second kappa shape index (κ2) is 5.62. The lowest BCUT2D eigenvalue weighted by atomic mass is 10.2. The van der Waals surface area contributed by atoms with Gasteiger partial charge in [0.25, 0.3) is 0 Å². The van der Waals surface area contributed by atoms with Crippen LogP contribution >= 0.6 is 0 Å². The molecule has 0 aromatic heterocycles. The summed E-state index contributed by atoms with van der Waals surface area (Å²) in [5.74, 6) is 0.798. The largest absolute Gasteiger partial charge is 0.488 e. The molecule has 1 rings (SSSR count). The van der Waals surface area contributed by atoms with Crippen molar-refractivity contribution in [3.05, 3.63) is 29.8 Å². The highest BCUT2D eigenvalue weighted by atomic mass is 16.5. The van der Waals surface area contributed by atoms with E-state index in [9.17, 15) is 0 Å². The second-order valence-electron chi connectivity index (χ2n) is 3.19. The summed E-state index contributed by atoms with van der Waals surface area (Å²) in [6.45, 7) is 2.58. The average Bonchev–Trinajstić information content (AvgIpc) is 2.19. The number of hydrogen-bond donors (Lipinski definition) is 1. The number of aliphatic hydroxyl groups is 1. The first-order chi connectivity index (χ1) is 6.76. The molecule has 78 valence electrons. The molecule has 0 aliphatic heterocycles. The predicted molar refractivity (Wildman–Crippen MR) is 54.3 cm³/mol. The average molecular weight is 196 g/mol. The topological polar surface area (TPSA) is 38.7 Å². The number of methoxy groups -OCH3 is 1. The Morgan fingerprint density at radius 1 is 1.29 bits per heavy atom. The molecule has 3 nitrogen and oxygen atoms in total. The summed E-state index contributed by atoms with van der Waals surface area (Å²) in [7, 11) is 1.65. The minimum Gasteiger partial charge on any atom is -0.488 e. The second-order valence-corrected chi connectivity index (χ2v) is 3.19. The third kappa shape index (κ3) is 3.36. The third-order valence-corrected chi connectivity index (χ3v) is 1.84. The molecule has 3 heteroatoms. The summed E-state index contributed by atoms with van der Waals surface area (Å²) < 4.78 is 10.5. The van der Waals surface area contributed by atoms with Gasteiger partial charge < -0.3 is 14.6 Å². The van der Waals surface area contributed by atoms with Crippen LogP contribution < -0.4 is 4.74 Å². The summed E-state index contributed by atoms with van der Waals surface area (Å²) in [5, 5.41) is 8.83. The zero-order chi connectivity index (χ0) is 10.4. The molecule has 1 N–H and O–H groups in total. The number of hydrogen-bond acceptors (Lipinski definition) is 3. The predicted octanol–water partition coefficient (Wildman–Crippen LogP) is 1.59. The van der Waals surface area contributed by atoms with E-state index in [-0.39, 0.29) is 12.7 Å². The van der Waals surface area contributed by atoms with Gasteiger partial charge in [0.1, 0.15) is 11.9 Å². The highest BCUT2D eigenvalue weighted by Crippen LogP contribution is 2.13. The molecule has 0 aliphatic carbocycles. The summed E-state index contributed by atoms with van der Waals surface area (Å²) in [4.78, 5) is 0. The van der Waals surface area contributed by atoms with E-state index in [0.29, 0.717) is 6.61 Å². The normalized spacial score (nSPS) is 12.5. The first-order valence-corrected chi connectivity index (χ1v) is 4.61. The van der Waals surface area contributed by atoms with Crippen molar-refractivity contribution in [1.82, 2.24) is 0 Å². The molecule has 0 saturated heterocycles. The Hall–Kier alpha value is -1.06. The highest BCUT2D eigenvalue weighted by molar-refractivity contribution is 5.26. The molecule has 0 unspecified atom stereocenters. The molecule has 1 aromatic rings. The first kappa shape index (κ1) is 11.0. The van der Waals surface area contributed by atoms with Gasteiger partial charge in [-0.3, -0.25) is 0 Å².